The number of amides is 2. The van der Waals surface area contributed by atoms with Gasteiger partial charge in [-0.05, 0) is 37.1 Å². The molecule has 5 rings (SSSR count). The van der Waals surface area contributed by atoms with Crippen LogP contribution in [0.15, 0.2) is 89.5 Å². The maximum atomic E-state index is 12.7. The first-order chi connectivity index (χ1) is 18.1. The number of carbonyl (C=O) groups excluding carboxylic acids is 3. The molecule has 2 aromatic carbocycles. The van der Waals surface area contributed by atoms with Gasteiger partial charge in [-0.2, -0.15) is 5.10 Å². The monoisotopic (exact) mass is 498 g/mol. The SMILES string of the molecule is O=C(COC(=O)C1CCN(C(=O)c2ccco2)CC1)Nc1cc(-c2ccccc2)nn1-c1ccccc1. The topological polar surface area (TPSA) is 107 Å². The molecule has 4 aromatic rings. The number of aromatic nitrogens is 2. The van der Waals surface area contributed by atoms with E-state index < -0.39 is 18.5 Å². The zero-order valence-corrected chi connectivity index (χ0v) is 20.1. The summed E-state index contributed by atoms with van der Waals surface area (Å²) in [4.78, 5) is 39.4. The van der Waals surface area contributed by atoms with E-state index in [2.05, 4.69) is 10.4 Å². The van der Waals surface area contributed by atoms with Crippen LogP contribution >= 0.6 is 0 Å². The molecule has 2 aromatic heterocycles. The lowest BCUT2D eigenvalue weighted by Crippen LogP contribution is -2.40. The van der Waals surface area contributed by atoms with Crippen molar-refractivity contribution in [1.29, 1.82) is 0 Å². The van der Waals surface area contributed by atoms with Gasteiger partial charge < -0.3 is 19.4 Å². The van der Waals surface area contributed by atoms with Gasteiger partial charge >= 0.3 is 5.97 Å². The number of hydrogen-bond acceptors (Lipinski definition) is 6. The average Bonchev–Trinajstić information content (AvgIpc) is 3.63. The molecule has 9 heteroatoms. The summed E-state index contributed by atoms with van der Waals surface area (Å²) in [5.41, 5.74) is 2.40. The van der Waals surface area contributed by atoms with E-state index in [4.69, 9.17) is 9.15 Å². The van der Waals surface area contributed by atoms with Crippen LogP contribution in [0, 0.1) is 5.92 Å². The Morgan fingerprint density at radius 2 is 1.65 bits per heavy atom. The Bertz CT molecular complexity index is 1360. The minimum atomic E-state index is -0.463. The second kappa shape index (κ2) is 10.9. The second-order valence-corrected chi connectivity index (χ2v) is 8.73. The summed E-state index contributed by atoms with van der Waals surface area (Å²) in [7, 11) is 0. The van der Waals surface area contributed by atoms with Gasteiger partial charge in [0.15, 0.2) is 12.4 Å². The number of benzene rings is 2. The number of ether oxygens (including phenoxy) is 1. The summed E-state index contributed by atoms with van der Waals surface area (Å²) < 4.78 is 12.1. The molecule has 0 radical (unpaired) electrons. The Labute approximate surface area is 213 Å². The lowest BCUT2D eigenvalue weighted by atomic mass is 9.97. The zero-order chi connectivity index (χ0) is 25.6. The number of likely N-dealkylation sites (tertiary alicyclic amines) is 1. The van der Waals surface area contributed by atoms with Crippen LogP contribution in [-0.4, -0.2) is 52.2 Å². The molecular weight excluding hydrogens is 472 g/mol. The van der Waals surface area contributed by atoms with E-state index in [-0.39, 0.29) is 17.6 Å². The summed E-state index contributed by atoms with van der Waals surface area (Å²) in [6.07, 6.45) is 2.39. The van der Waals surface area contributed by atoms with Crippen molar-refractivity contribution >= 4 is 23.6 Å². The highest BCUT2D eigenvalue weighted by Gasteiger charge is 2.30. The Morgan fingerprint density at radius 3 is 2.32 bits per heavy atom. The first-order valence-corrected chi connectivity index (χ1v) is 12.1. The van der Waals surface area contributed by atoms with E-state index >= 15 is 0 Å². The van der Waals surface area contributed by atoms with Gasteiger partial charge in [-0.1, -0.05) is 48.5 Å². The maximum absolute atomic E-state index is 12.7. The molecule has 2 amide bonds. The van der Waals surface area contributed by atoms with Crippen LogP contribution in [0.4, 0.5) is 5.82 Å². The van der Waals surface area contributed by atoms with Crippen LogP contribution in [0.1, 0.15) is 23.4 Å². The van der Waals surface area contributed by atoms with Crippen LogP contribution in [0.2, 0.25) is 0 Å². The Balaban J connectivity index is 1.18. The molecule has 188 valence electrons. The van der Waals surface area contributed by atoms with Crippen molar-refractivity contribution in [2.45, 2.75) is 12.8 Å². The molecule has 9 nitrogen and oxygen atoms in total. The number of esters is 1. The molecule has 0 unspecified atom stereocenters. The summed E-state index contributed by atoms with van der Waals surface area (Å²) in [5.74, 6) is -0.718. The highest BCUT2D eigenvalue weighted by molar-refractivity contribution is 5.93. The first-order valence-electron chi connectivity index (χ1n) is 12.1. The van der Waals surface area contributed by atoms with Gasteiger partial charge in [-0.25, -0.2) is 4.68 Å². The molecule has 3 heterocycles. The highest BCUT2D eigenvalue weighted by Crippen LogP contribution is 2.25. The molecule has 0 bridgehead atoms. The number of nitrogens with one attached hydrogen (secondary N) is 1. The van der Waals surface area contributed by atoms with Gasteiger partial charge in [0.25, 0.3) is 11.8 Å². The Kier molecular flexibility index (Phi) is 7.12. The van der Waals surface area contributed by atoms with Crippen molar-refractivity contribution < 1.29 is 23.5 Å². The number of furan rings is 1. The molecule has 1 aliphatic rings. The molecule has 1 aliphatic heterocycles. The van der Waals surface area contributed by atoms with E-state index in [0.29, 0.717) is 37.4 Å². The minimum Gasteiger partial charge on any atom is -0.459 e. The Hall–Kier alpha value is -4.66. The van der Waals surface area contributed by atoms with E-state index in [1.807, 2.05) is 60.7 Å². The number of piperidine rings is 1. The number of para-hydroxylation sites is 1. The van der Waals surface area contributed by atoms with Gasteiger partial charge in [0.1, 0.15) is 5.82 Å². The third-order valence-corrected chi connectivity index (χ3v) is 6.24. The van der Waals surface area contributed by atoms with Crippen LogP contribution in [0.3, 0.4) is 0 Å². The average molecular weight is 499 g/mol. The van der Waals surface area contributed by atoms with E-state index in [0.717, 1.165) is 11.3 Å². The van der Waals surface area contributed by atoms with Gasteiger partial charge in [-0.3, -0.25) is 14.4 Å². The van der Waals surface area contributed by atoms with Crippen molar-refractivity contribution in [2.24, 2.45) is 5.92 Å². The fourth-order valence-electron chi connectivity index (χ4n) is 4.29. The summed E-state index contributed by atoms with van der Waals surface area (Å²) in [6.45, 7) is 0.430. The molecule has 0 spiro atoms. The third-order valence-electron chi connectivity index (χ3n) is 6.24. The number of carbonyl (C=O) groups is 3. The fourth-order valence-corrected chi connectivity index (χ4v) is 4.29. The van der Waals surface area contributed by atoms with Crippen molar-refractivity contribution in [1.82, 2.24) is 14.7 Å². The Morgan fingerprint density at radius 1 is 0.946 bits per heavy atom. The number of nitrogens with zero attached hydrogens (tertiary/aromatic N) is 3. The first kappa shape index (κ1) is 24.1. The lowest BCUT2D eigenvalue weighted by Gasteiger charge is -2.30. The van der Waals surface area contributed by atoms with Crippen molar-refractivity contribution in [3.8, 4) is 16.9 Å². The van der Waals surface area contributed by atoms with E-state index in [9.17, 15) is 14.4 Å². The van der Waals surface area contributed by atoms with E-state index in [1.54, 1.807) is 27.8 Å². The molecular formula is C28H26N4O5. The van der Waals surface area contributed by atoms with Crippen molar-refractivity contribution in [3.63, 3.8) is 0 Å². The predicted molar refractivity (Wildman–Crippen MR) is 136 cm³/mol. The van der Waals surface area contributed by atoms with E-state index in [1.165, 1.54) is 6.26 Å². The predicted octanol–water partition coefficient (Wildman–Crippen LogP) is 4.17. The summed E-state index contributed by atoms with van der Waals surface area (Å²) >= 11 is 0. The van der Waals surface area contributed by atoms with Crippen LogP contribution < -0.4 is 5.32 Å². The maximum Gasteiger partial charge on any atom is 0.309 e. The number of hydrogen-bond donors (Lipinski definition) is 1. The van der Waals surface area contributed by atoms with Crippen molar-refractivity contribution in [2.75, 3.05) is 25.0 Å². The lowest BCUT2D eigenvalue weighted by molar-refractivity contribution is -0.152. The molecule has 1 fully saturated rings. The highest BCUT2D eigenvalue weighted by atomic mass is 16.5. The molecule has 1 N–H and O–H groups in total. The number of anilines is 1. The molecule has 1 saturated heterocycles. The molecule has 0 saturated carbocycles. The zero-order valence-electron chi connectivity index (χ0n) is 20.1. The third kappa shape index (κ3) is 5.61. The summed E-state index contributed by atoms with van der Waals surface area (Å²) in [5, 5.41) is 7.48. The van der Waals surface area contributed by atoms with Crippen LogP contribution in [0.25, 0.3) is 16.9 Å². The van der Waals surface area contributed by atoms with Crippen LogP contribution in [-0.2, 0) is 14.3 Å². The second-order valence-electron chi connectivity index (χ2n) is 8.73. The standard InChI is InChI=1S/C28H26N4O5/c33-26(19-37-28(35)21-13-15-31(16-14-21)27(34)24-12-7-17-36-24)29-25-18-23(20-8-3-1-4-9-20)30-32(25)22-10-5-2-6-11-22/h1-12,17-18,21H,13-16,19H2,(H,29,33). The number of rotatable bonds is 7. The summed E-state index contributed by atoms with van der Waals surface area (Å²) in [6, 6.07) is 24.2. The molecule has 37 heavy (non-hydrogen) atoms. The minimum absolute atomic E-state index is 0.193. The normalized spacial score (nSPS) is 13.8. The van der Waals surface area contributed by atoms with Gasteiger partial charge in [0, 0.05) is 24.7 Å². The van der Waals surface area contributed by atoms with Gasteiger partial charge in [0.2, 0.25) is 0 Å². The molecule has 0 aliphatic carbocycles. The largest absolute Gasteiger partial charge is 0.459 e. The van der Waals surface area contributed by atoms with Crippen LogP contribution in [0.5, 0.6) is 0 Å². The smallest absolute Gasteiger partial charge is 0.309 e. The fraction of sp³-hybridized carbons (Fsp3) is 0.214. The quantitative estimate of drug-likeness (QED) is 0.384. The van der Waals surface area contributed by atoms with Gasteiger partial charge in [0.05, 0.1) is 23.6 Å². The van der Waals surface area contributed by atoms with Crippen molar-refractivity contribution in [3.05, 3.63) is 90.9 Å². The van der Waals surface area contributed by atoms with Gasteiger partial charge in [-0.15, -0.1) is 0 Å². The molecule has 0 atom stereocenters.